The van der Waals surface area contributed by atoms with Gasteiger partial charge in [-0.25, -0.2) is 8.42 Å². The lowest BCUT2D eigenvalue weighted by molar-refractivity contribution is -0.146. The molecule has 1 rings (SSSR count). The zero-order valence-electron chi connectivity index (χ0n) is 11.2. The van der Waals surface area contributed by atoms with E-state index in [9.17, 15) is 18.0 Å². The molecule has 1 fully saturated rings. The first-order valence-electron chi connectivity index (χ1n) is 6.11. The Morgan fingerprint density at radius 1 is 1.42 bits per heavy atom. The third-order valence-corrected chi connectivity index (χ3v) is 4.83. The van der Waals surface area contributed by atoms with Crippen molar-refractivity contribution in [3.8, 4) is 0 Å². The maximum atomic E-state index is 11.8. The van der Waals surface area contributed by atoms with Gasteiger partial charge < -0.3 is 15.0 Å². The van der Waals surface area contributed by atoms with Gasteiger partial charge >= 0.3 is 11.8 Å². The van der Waals surface area contributed by atoms with Gasteiger partial charge in [-0.1, -0.05) is 0 Å². The minimum absolute atomic E-state index is 0.0633. The van der Waals surface area contributed by atoms with Gasteiger partial charge in [-0.2, -0.15) is 0 Å². The van der Waals surface area contributed by atoms with Crippen LogP contribution in [-0.4, -0.2) is 70.0 Å². The summed E-state index contributed by atoms with van der Waals surface area (Å²) in [5, 5.41) is 2.48. The van der Waals surface area contributed by atoms with Gasteiger partial charge in [0.2, 0.25) is 0 Å². The zero-order valence-corrected chi connectivity index (χ0v) is 12.0. The van der Waals surface area contributed by atoms with E-state index in [-0.39, 0.29) is 11.5 Å². The molecule has 0 spiro atoms. The van der Waals surface area contributed by atoms with Crippen molar-refractivity contribution in [3.63, 3.8) is 0 Å². The fraction of sp³-hybridized carbons (Fsp3) is 0.818. The third-order valence-electron chi connectivity index (χ3n) is 3.08. The topological polar surface area (TPSA) is 92.8 Å². The van der Waals surface area contributed by atoms with Crippen molar-refractivity contribution in [1.82, 2.24) is 10.2 Å². The number of likely N-dealkylation sites (N-methyl/N-ethyl adjacent to an activating group) is 1. The van der Waals surface area contributed by atoms with Crippen molar-refractivity contribution in [1.29, 1.82) is 0 Å². The number of hydrogen-bond donors (Lipinski definition) is 1. The fourth-order valence-corrected chi connectivity index (χ4v) is 3.68. The average Bonchev–Trinajstić information content (AvgIpc) is 2.73. The summed E-state index contributed by atoms with van der Waals surface area (Å²) in [5.74, 6) is -1.39. The van der Waals surface area contributed by atoms with Gasteiger partial charge in [0.05, 0.1) is 11.5 Å². The van der Waals surface area contributed by atoms with Crippen LogP contribution >= 0.6 is 0 Å². The van der Waals surface area contributed by atoms with Gasteiger partial charge in [0.25, 0.3) is 0 Å². The molecule has 1 atom stereocenters. The van der Waals surface area contributed by atoms with E-state index in [1.165, 1.54) is 11.9 Å². The highest BCUT2D eigenvalue weighted by molar-refractivity contribution is 7.91. The highest BCUT2D eigenvalue weighted by atomic mass is 32.2. The van der Waals surface area contributed by atoms with Gasteiger partial charge in [0, 0.05) is 33.4 Å². The van der Waals surface area contributed by atoms with Crippen LogP contribution < -0.4 is 5.32 Å². The third kappa shape index (κ3) is 4.79. The molecule has 0 radical (unpaired) electrons. The maximum absolute atomic E-state index is 11.8. The predicted octanol–water partition coefficient (Wildman–Crippen LogP) is -1.22. The molecule has 0 aliphatic carbocycles. The van der Waals surface area contributed by atoms with Gasteiger partial charge in [-0.15, -0.1) is 0 Å². The van der Waals surface area contributed by atoms with E-state index in [2.05, 4.69) is 5.32 Å². The van der Waals surface area contributed by atoms with E-state index >= 15 is 0 Å². The van der Waals surface area contributed by atoms with Crippen LogP contribution in [0.3, 0.4) is 0 Å². The van der Waals surface area contributed by atoms with Gasteiger partial charge in [-0.3, -0.25) is 9.59 Å². The number of rotatable bonds is 5. The monoisotopic (exact) mass is 292 g/mol. The molecule has 0 saturated carbocycles. The summed E-state index contributed by atoms with van der Waals surface area (Å²) >= 11 is 0. The highest BCUT2D eigenvalue weighted by Gasteiger charge is 2.34. The lowest BCUT2D eigenvalue weighted by Gasteiger charge is -2.22. The van der Waals surface area contributed by atoms with Crippen molar-refractivity contribution in [2.75, 3.05) is 38.8 Å². The van der Waals surface area contributed by atoms with E-state index in [0.29, 0.717) is 26.0 Å². The first kappa shape index (κ1) is 15.9. The van der Waals surface area contributed by atoms with E-state index in [4.69, 9.17) is 4.74 Å². The Morgan fingerprint density at radius 3 is 2.63 bits per heavy atom. The minimum atomic E-state index is -3.07. The number of sulfone groups is 1. The van der Waals surface area contributed by atoms with Crippen LogP contribution in [0.4, 0.5) is 0 Å². The quantitative estimate of drug-likeness (QED) is 0.507. The van der Waals surface area contributed by atoms with Crippen molar-refractivity contribution in [3.05, 3.63) is 0 Å². The average molecular weight is 292 g/mol. The maximum Gasteiger partial charge on any atom is 0.311 e. The van der Waals surface area contributed by atoms with Crippen molar-refractivity contribution >= 4 is 21.7 Å². The smallest absolute Gasteiger partial charge is 0.311 e. The standard InChI is InChI=1S/C11H20N2O5S/c1-13(9-4-7-19(16,17)8-9)11(15)10(14)12-5-3-6-18-2/h9H,3-8H2,1-2H3,(H,12,14). The Morgan fingerprint density at radius 2 is 2.11 bits per heavy atom. The summed E-state index contributed by atoms with van der Waals surface area (Å²) in [5.41, 5.74) is 0. The van der Waals surface area contributed by atoms with Crippen molar-refractivity contribution < 1.29 is 22.7 Å². The van der Waals surface area contributed by atoms with Gasteiger partial charge in [0.15, 0.2) is 9.84 Å². The highest BCUT2D eigenvalue weighted by Crippen LogP contribution is 2.16. The number of hydrogen-bond acceptors (Lipinski definition) is 5. The predicted molar refractivity (Wildman–Crippen MR) is 69.3 cm³/mol. The summed E-state index contributed by atoms with van der Waals surface area (Å²) in [6.07, 6.45) is 1.01. The molecule has 7 nitrogen and oxygen atoms in total. The summed E-state index contributed by atoms with van der Waals surface area (Å²) in [6.45, 7) is 0.862. The van der Waals surface area contributed by atoms with E-state index in [0.717, 1.165) is 0 Å². The zero-order chi connectivity index (χ0) is 14.5. The van der Waals surface area contributed by atoms with Crippen LogP contribution in [-0.2, 0) is 24.2 Å². The molecule has 8 heteroatoms. The normalized spacial score (nSPS) is 21.1. The number of methoxy groups -OCH3 is 1. The van der Waals surface area contributed by atoms with E-state index in [1.54, 1.807) is 7.11 Å². The molecule has 2 amide bonds. The molecule has 1 aliphatic rings. The van der Waals surface area contributed by atoms with Crippen LogP contribution in [0.5, 0.6) is 0 Å². The molecule has 1 heterocycles. The summed E-state index contributed by atoms with van der Waals surface area (Å²) in [4.78, 5) is 24.6. The molecule has 1 N–H and O–H groups in total. The van der Waals surface area contributed by atoms with Crippen molar-refractivity contribution in [2.24, 2.45) is 0 Å². The van der Waals surface area contributed by atoms with Crippen LogP contribution in [0.15, 0.2) is 0 Å². The van der Waals surface area contributed by atoms with Crippen LogP contribution in [0.25, 0.3) is 0 Å². The Kier molecular flexibility index (Phi) is 5.74. The first-order chi connectivity index (χ1) is 8.87. The van der Waals surface area contributed by atoms with Crippen LogP contribution in [0.2, 0.25) is 0 Å². The molecule has 1 unspecified atom stereocenters. The van der Waals surface area contributed by atoms with Gasteiger partial charge in [-0.05, 0) is 12.8 Å². The molecule has 0 aromatic heterocycles. The summed E-state index contributed by atoms with van der Waals surface area (Å²) < 4.78 is 27.5. The van der Waals surface area contributed by atoms with Gasteiger partial charge in [0.1, 0.15) is 0 Å². The molecule has 19 heavy (non-hydrogen) atoms. The number of carbonyl (C=O) groups excluding carboxylic acids is 2. The second-order valence-electron chi connectivity index (χ2n) is 4.58. The molecule has 110 valence electrons. The van der Waals surface area contributed by atoms with Crippen LogP contribution in [0, 0.1) is 0 Å². The SMILES string of the molecule is COCCCNC(=O)C(=O)N(C)C1CCS(=O)(=O)C1. The Labute approximate surface area is 113 Å². The van der Waals surface area contributed by atoms with E-state index < -0.39 is 27.7 Å². The van der Waals surface area contributed by atoms with Crippen LogP contribution in [0.1, 0.15) is 12.8 Å². The number of nitrogens with one attached hydrogen (secondary N) is 1. The Bertz CT molecular complexity index is 434. The Hall–Kier alpha value is -1.15. The fourth-order valence-electron chi connectivity index (χ4n) is 1.90. The molecule has 0 aromatic carbocycles. The van der Waals surface area contributed by atoms with E-state index in [1.807, 2.05) is 0 Å². The summed E-state index contributed by atoms with van der Waals surface area (Å²) in [7, 11) is -0.0484. The number of carbonyl (C=O) groups is 2. The molecule has 1 saturated heterocycles. The molecule has 0 aromatic rings. The lowest BCUT2D eigenvalue weighted by atomic mass is 10.2. The number of nitrogens with zero attached hydrogens (tertiary/aromatic N) is 1. The minimum Gasteiger partial charge on any atom is -0.385 e. The lowest BCUT2D eigenvalue weighted by Crippen LogP contribution is -2.46. The van der Waals surface area contributed by atoms with Crippen molar-refractivity contribution in [2.45, 2.75) is 18.9 Å². The molecular weight excluding hydrogens is 272 g/mol. The second-order valence-corrected chi connectivity index (χ2v) is 6.80. The Balaban J connectivity index is 2.42. The largest absolute Gasteiger partial charge is 0.385 e. The molecule has 0 bridgehead atoms. The summed E-state index contributed by atoms with van der Waals surface area (Å²) in [6, 6.07) is -0.401. The molecular formula is C11H20N2O5S. The molecule has 1 aliphatic heterocycles. The second kappa shape index (κ2) is 6.85. The number of ether oxygens (including phenoxy) is 1. The number of amides is 2. The first-order valence-corrected chi connectivity index (χ1v) is 7.94.